The number of rotatable bonds is 4. The van der Waals surface area contributed by atoms with Crippen molar-refractivity contribution in [3.63, 3.8) is 0 Å². The lowest BCUT2D eigenvalue weighted by atomic mass is 10.0. The van der Waals surface area contributed by atoms with Gasteiger partial charge in [-0.3, -0.25) is 14.5 Å². The Hall–Kier alpha value is -4.09. The van der Waals surface area contributed by atoms with Crippen LogP contribution in [0.1, 0.15) is 22.5 Å². The van der Waals surface area contributed by atoms with Gasteiger partial charge in [-0.25, -0.2) is 0 Å². The lowest BCUT2D eigenvalue weighted by Crippen LogP contribution is -2.27. The van der Waals surface area contributed by atoms with E-state index >= 15 is 0 Å². The van der Waals surface area contributed by atoms with E-state index in [9.17, 15) is 9.59 Å². The van der Waals surface area contributed by atoms with E-state index in [0.29, 0.717) is 4.91 Å². The number of carbonyl (C=O) groups is 2. The Labute approximate surface area is 213 Å². The van der Waals surface area contributed by atoms with Crippen LogP contribution in [0.25, 0.3) is 33.3 Å². The molecule has 2 heterocycles. The molecular weight excluding hydrogens is 464 g/mol. The predicted molar refractivity (Wildman–Crippen MR) is 148 cm³/mol. The highest BCUT2D eigenvalue weighted by atomic mass is 32.2. The molecule has 36 heavy (non-hydrogen) atoms. The second kappa shape index (κ2) is 8.85. The molecule has 0 atom stereocenters. The first-order chi connectivity index (χ1) is 17.5. The van der Waals surface area contributed by atoms with Gasteiger partial charge in [0.15, 0.2) is 0 Å². The van der Waals surface area contributed by atoms with E-state index in [1.54, 1.807) is 0 Å². The van der Waals surface area contributed by atoms with E-state index in [0.717, 1.165) is 50.7 Å². The SMILES string of the molecule is Cc1cc(/C=C2/SC(=O)N(Cc3cccc4ccccc34)C2=O)c(C)n1-c1cccc2ccccc12. The van der Waals surface area contributed by atoms with Crippen molar-refractivity contribution in [3.05, 3.63) is 118 Å². The highest BCUT2D eigenvalue weighted by molar-refractivity contribution is 8.18. The maximum atomic E-state index is 13.3. The zero-order chi connectivity index (χ0) is 24.8. The third kappa shape index (κ3) is 3.73. The molecule has 6 rings (SSSR count). The monoisotopic (exact) mass is 488 g/mol. The molecule has 5 aromatic rings. The number of amides is 2. The van der Waals surface area contributed by atoms with Gasteiger partial charge in [-0.1, -0.05) is 78.9 Å². The summed E-state index contributed by atoms with van der Waals surface area (Å²) in [5.41, 5.74) is 5.11. The van der Waals surface area contributed by atoms with Crippen molar-refractivity contribution >= 4 is 50.5 Å². The molecule has 0 spiro atoms. The van der Waals surface area contributed by atoms with Crippen LogP contribution in [0.4, 0.5) is 4.79 Å². The molecule has 1 aromatic heterocycles. The lowest BCUT2D eigenvalue weighted by molar-refractivity contribution is -0.123. The van der Waals surface area contributed by atoms with Gasteiger partial charge in [-0.2, -0.15) is 0 Å². The van der Waals surface area contributed by atoms with Crippen LogP contribution in [0.3, 0.4) is 0 Å². The van der Waals surface area contributed by atoms with Crippen molar-refractivity contribution in [3.8, 4) is 5.69 Å². The van der Waals surface area contributed by atoms with E-state index in [2.05, 4.69) is 54.8 Å². The van der Waals surface area contributed by atoms with Crippen molar-refractivity contribution in [2.75, 3.05) is 0 Å². The number of nitrogens with zero attached hydrogens (tertiary/aromatic N) is 2. The highest BCUT2D eigenvalue weighted by Crippen LogP contribution is 2.36. The highest BCUT2D eigenvalue weighted by Gasteiger charge is 2.35. The van der Waals surface area contributed by atoms with Gasteiger partial charge in [0, 0.05) is 16.8 Å². The van der Waals surface area contributed by atoms with Crippen LogP contribution in [-0.2, 0) is 11.3 Å². The van der Waals surface area contributed by atoms with Gasteiger partial charge in [-0.15, -0.1) is 0 Å². The van der Waals surface area contributed by atoms with E-state index < -0.39 is 0 Å². The van der Waals surface area contributed by atoms with Crippen molar-refractivity contribution in [1.29, 1.82) is 0 Å². The number of fused-ring (bicyclic) bond motifs is 2. The fourth-order valence-electron chi connectivity index (χ4n) is 5.09. The number of hydrogen-bond acceptors (Lipinski definition) is 3. The third-order valence-electron chi connectivity index (χ3n) is 6.85. The summed E-state index contributed by atoms with van der Waals surface area (Å²) in [7, 11) is 0. The lowest BCUT2D eigenvalue weighted by Gasteiger charge is -2.14. The van der Waals surface area contributed by atoms with Crippen LogP contribution in [0, 0.1) is 13.8 Å². The smallest absolute Gasteiger partial charge is 0.293 e. The average Bonchev–Trinajstić information content (AvgIpc) is 3.32. The van der Waals surface area contributed by atoms with Crippen LogP contribution in [0.2, 0.25) is 0 Å². The van der Waals surface area contributed by atoms with Crippen LogP contribution >= 0.6 is 11.8 Å². The summed E-state index contributed by atoms with van der Waals surface area (Å²) in [6.07, 6.45) is 1.86. The van der Waals surface area contributed by atoms with Gasteiger partial charge in [-0.05, 0) is 71.1 Å². The first-order valence-corrected chi connectivity index (χ1v) is 12.7. The summed E-state index contributed by atoms with van der Waals surface area (Å²) in [6, 6.07) is 30.7. The standard InChI is InChI=1S/C31H24N2O2S/c1-20-17-25(21(2)33(20)28-16-8-12-23-10-4-6-15-27(23)28)18-29-30(34)32(31(35)36-29)19-24-13-7-11-22-9-3-5-14-26(22)24/h3-18H,19H2,1-2H3/b29-18+. The van der Waals surface area contributed by atoms with Crippen LogP contribution in [0.15, 0.2) is 95.9 Å². The largest absolute Gasteiger partial charge is 0.317 e. The average molecular weight is 489 g/mol. The topological polar surface area (TPSA) is 42.3 Å². The fourth-order valence-corrected chi connectivity index (χ4v) is 5.92. The Morgan fingerprint density at radius 3 is 2.19 bits per heavy atom. The fraction of sp³-hybridized carbons (Fsp3) is 0.0968. The van der Waals surface area contributed by atoms with E-state index in [-0.39, 0.29) is 17.7 Å². The van der Waals surface area contributed by atoms with Crippen LogP contribution in [-0.4, -0.2) is 20.6 Å². The summed E-state index contributed by atoms with van der Waals surface area (Å²) in [4.78, 5) is 28.0. The molecule has 0 N–H and O–H groups in total. The molecule has 0 unspecified atom stereocenters. The number of aryl methyl sites for hydroxylation is 1. The Balaban J connectivity index is 1.34. The van der Waals surface area contributed by atoms with Crippen molar-refractivity contribution in [2.45, 2.75) is 20.4 Å². The zero-order valence-corrected chi connectivity index (χ0v) is 20.9. The number of aromatic nitrogens is 1. The summed E-state index contributed by atoms with van der Waals surface area (Å²) in [5.74, 6) is -0.243. The molecule has 4 aromatic carbocycles. The van der Waals surface area contributed by atoms with Crippen LogP contribution < -0.4 is 0 Å². The summed E-state index contributed by atoms with van der Waals surface area (Å²) in [6.45, 7) is 4.39. The molecule has 2 amide bonds. The van der Waals surface area contributed by atoms with Gasteiger partial charge < -0.3 is 4.57 Å². The van der Waals surface area contributed by atoms with Gasteiger partial charge in [0.25, 0.3) is 11.1 Å². The number of thioether (sulfide) groups is 1. The number of carbonyl (C=O) groups excluding carboxylic acids is 2. The molecule has 1 aliphatic rings. The molecule has 0 bridgehead atoms. The maximum absolute atomic E-state index is 13.3. The maximum Gasteiger partial charge on any atom is 0.293 e. The van der Waals surface area contributed by atoms with E-state index in [1.165, 1.54) is 15.7 Å². The van der Waals surface area contributed by atoms with Gasteiger partial charge >= 0.3 is 0 Å². The molecule has 1 saturated heterocycles. The Bertz CT molecular complexity index is 1700. The van der Waals surface area contributed by atoms with Crippen molar-refractivity contribution < 1.29 is 9.59 Å². The normalized spacial score (nSPS) is 15.1. The molecular formula is C31H24N2O2S. The quantitative estimate of drug-likeness (QED) is 0.244. The molecule has 0 aliphatic carbocycles. The van der Waals surface area contributed by atoms with Gasteiger partial charge in [0.1, 0.15) is 0 Å². The molecule has 176 valence electrons. The minimum Gasteiger partial charge on any atom is -0.317 e. The first kappa shape index (κ1) is 22.4. The molecule has 1 fully saturated rings. The Morgan fingerprint density at radius 1 is 0.778 bits per heavy atom. The number of hydrogen-bond donors (Lipinski definition) is 0. The molecule has 4 nitrogen and oxygen atoms in total. The van der Waals surface area contributed by atoms with Crippen LogP contribution in [0.5, 0.6) is 0 Å². The van der Waals surface area contributed by atoms with Gasteiger partial charge in [0.2, 0.25) is 0 Å². The van der Waals surface area contributed by atoms with Crippen molar-refractivity contribution in [2.24, 2.45) is 0 Å². The molecule has 0 saturated carbocycles. The predicted octanol–water partition coefficient (Wildman–Crippen LogP) is 7.64. The number of benzene rings is 4. The second-order valence-electron chi connectivity index (χ2n) is 9.07. The minimum absolute atomic E-state index is 0.234. The first-order valence-electron chi connectivity index (χ1n) is 11.9. The van der Waals surface area contributed by atoms with Crippen molar-refractivity contribution in [1.82, 2.24) is 9.47 Å². The minimum atomic E-state index is -0.243. The zero-order valence-electron chi connectivity index (χ0n) is 20.1. The van der Waals surface area contributed by atoms with E-state index in [4.69, 9.17) is 0 Å². The molecule has 0 radical (unpaired) electrons. The van der Waals surface area contributed by atoms with Gasteiger partial charge in [0.05, 0.1) is 17.1 Å². The summed E-state index contributed by atoms with van der Waals surface area (Å²) >= 11 is 1.01. The summed E-state index contributed by atoms with van der Waals surface area (Å²) < 4.78 is 2.22. The Kier molecular flexibility index (Phi) is 5.50. The molecule has 1 aliphatic heterocycles. The Morgan fingerprint density at radius 2 is 1.42 bits per heavy atom. The number of imide groups is 1. The molecule has 5 heteroatoms. The third-order valence-corrected chi connectivity index (χ3v) is 7.75. The summed E-state index contributed by atoms with van der Waals surface area (Å²) in [5, 5.41) is 4.27. The van der Waals surface area contributed by atoms with E-state index in [1.807, 2.05) is 60.7 Å². The second-order valence-corrected chi connectivity index (χ2v) is 10.1.